The van der Waals surface area contributed by atoms with Gasteiger partial charge in [-0.2, -0.15) is 0 Å². The van der Waals surface area contributed by atoms with Gasteiger partial charge in [-0.25, -0.2) is 4.98 Å². The van der Waals surface area contributed by atoms with Crippen LogP contribution in [0.1, 0.15) is 36.6 Å². The van der Waals surface area contributed by atoms with Gasteiger partial charge in [-0.1, -0.05) is 0 Å². The number of aryl methyl sites for hydroxylation is 2. The van der Waals surface area contributed by atoms with Crippen LogP contribution in [0.15, 0.2) is 32.2 Å². The summed E-state index contributed by atoms with van der Waals surface area (Å²) in [6.45, 7) is 4.47. The SMILES string of the molecule is COc1cc2nc(C)n(CCNC(=O)CC3(c4oc(C)cc(=O)c4O)CCOCC3)c(=O)c2cc1OC. The third kappa shape index (κ3) is 5.17. The van der Waals surface area contributed by atoms with E-state index in [-0.39, 0.29) is 36.7 Å². The highest BCUT2D eigenvalue weighted by molar-refractivity contribution is 5.82. The highest BCUT2D eigenvalue weighted by Crippen LogP contribution is 2.41. The minimum atomic E-state index is -0.871. The summed E-state index contributed by atoms with van der Waals surface area (Å²) >= 11 is 0. The summed E-state index contributed by atoms with van der Waals surface area (Å²) in [6.07, 6.45) is 0.828. The van der Waals surface area contributed by atoms with Crippen LogP contribution in [0.3, 0.4) is 0 Å². The number of benzene rings is 1. The van der Waals surface area contributed by atoms with Crippen LogP contribution in [0.25, 0.3) is 10.9 Å². The van der Waals surface area contributed by atoms with Crippen LogP contribution in [-0.4, -0.2) is 54.5 Å². The number of hydrogen-bond acceptors (Lipinski definition) is 9. The first-order chi connectivity index (χ1) is 17.7. The Kier molecular flexibility index (Phi) is 7.53. The van der Waals surface area contributed by atoms with E-state index in [4.69, 9.17) is 18.6 Å². The van der Waals surface area contributed by atoms with Gasteiger partial charge in [-0.15, -0.1) is 0 Å². The van der Waals surface area contributed by atoms with Gasteiger partial charge in [0.25, 0.3) is 5.56 Å². The van der Waals surface area contributed by atoms with E-state index in [1.165, 1.54) is 24.9 Å². The van der Waals surface area contributed by atoms with E-state index >= 15 is 0 Å². The van der Waals surface area contributed by atoms with Gasteiger partial charge in [0.2, 0.25) is 17.1 Å². The van der Waals surface area contributed by atoms with Crippen molar-refractivity contribution in [1.82, 2.24) is 14.9 Å². The zero-order valence-electron chi connectivity index (χ0n) is 21.4. The molecule has 0 radical (unpaired) electrons. The molecule has 1 fully saturated rings. The molecule has 1 aromatic carbocycles. The number of methoxy groups -OCH3 is 2. The number of carbonyl (C=O) groups excluding carboxylic acids is 1. The second-order valence-electron chi connectivity index (χ2n) is 9.16. The van der Waals surface area contributed by atoms with Gasteiger partial charge in [0.05, 0.1) is 25.1 Å². The van der Waals surface area contributed by atoms with Crippen molar-refractivity contribution in [2.45, 2.75) is 45.1 Å². The highest BCUT2D eigenvalue weighted by Gasteiger charge is 2.41. The van der Waals surface area contributed by atoms with Crippen molar-refractivity contribution in [3.05, 3.63) is 56.1 Å². The Morgan fingerprint density at radius 1 is 1.14 bits per heavy atom. The predicted octanol–water partition coefficient (Wildman–Crippen LogP) is 1.94. The summed E-state index contributed by atoms with van der Waals surface area (Å²) in [7, 11) is 3.01. The van der Waals surface area contributed by atoms with E-state index in [2.05, 4.69) is 10.3 Å². The number of aromatic nitrogens is 2. The predicted molar refractivity (Wildman–Crippen MR) is 135 cm³/mol. The van der Waals surface area contributed by atoms with Crippen molar-refractivity contribution >= 4 is 16.8 Å². The molecule has 11 heteroatoms. The van der Waals surface area contributed by atoms with Crippen molar-refractivity contribution in [3.63, 3.8) is 0 Å². The molecular weight excluding hydrogens is 482 g/mol. The second-order valence-corrected chi connectivity index (χ2v) is 9.16. The molecule has 1 amide bonds. The molecule has 37 heavy (non-hydrogen) atoms. The van der Waals surface area contributed by atoms with Gasteiger partial charge in [0.15, 0.2) is 17.3 Å². The van der Waals surface area contributed by atoms with Crippen molar-refractivity contribution in [2.24, 2.45) is 0 Å². The first kappa shape index (κ1) is 26.2. The number of aromatic hydroxyl groups is 1. The number of carbonyl (C=O) groups is 1. The summed E-state index contributed by atoms with van der Waals surface area (Å²) in [5.41, 5.74) is -1.19. The average molecular weight is 514 g/mol. The first-order valence-corrected chi connectivity index (χ1v) is 12.0. The first-order valence-electron chi connectivity index (χ1n) is 12.0. The third-order valence-electron chi connectivity index (χ3n) is 6.78. The maximum atomic E-state index is 13.2. The fourth-order valence-corrected chi connectivity index (χ4v) is 4.81. The minimum Gasteiger partial charge on any atom is -0.502 e. The van der Waals surface area contributed by atoms with Crippen molar-refractivity contribution in [2.75, 3.05) is 34.0 Å². The van der Waals surface area contributed by atoms with Crippen molar-refractivity contribution in [1.29, 1.82) is 0 Å². The Labute approximate surface area is 213 Å². The summed E-state index contributed by atoms with van der Waals surface area (Å²) < 4.78 is 23.3. The summed E-state index contributed by atoms with van der Waals surface area (Å²) in [5.74, 6) is 1.09. The zero-order chi connectivity index (χ0) is 26.7. The average Bonchev–Trinajstić information content (AvgIpc) is 2.87. The van der Waals surface area contributed by atoms with Gasteiger partial charge in [-0.3, -0.25) is 19.0 Å². The lowest BCUT2D eigenvalue weighted by molar-refractivity contribution is -0.123. The minimum absolute atomic E-state index is 0.00282. The Hall–Kier alpha value is -3.86. The molecule has 3 aromatic rings. The molecule has 0 saturated carbocycles. The lowest BCUT2D eigenvalue weighted by Crippen LogP contribution is -2.41. The normalized spacial score (nSPS) is 14.9. The molecule has 0 spiro atoms. The lowest BCUT2D eigenvalue weighted by Gasteiger charge is -2.35. The number of nitrogens with zero attached hydrogens (tertiary/aromatic N) is 2. The number of ether oxygens (including phenoxy) is 3. The smallest absolute Gasteiger partial charge is 0.261 e. The van der Waals surface area contributed by atoms with Crippen LogP contribution in [0.5, 0.6) is 17.2 Å². The fourth-order valence-electron chi connectivity index (χ4n) is 4.81. The number of hydrogen-bond donors (Lipinski definition) is 2. The molecule has 1 saturated heterocycles. The molecule has 0 atom stereocenters. The van der Waals surface area contributed by atoms with E-state index < -0.39 is 16.6 Å². The topological polar surface area (TPSA) is 142 Å². The Bertz CT molecular complexity index is 1440. The monoisotopic (exact) mass is 513 g/mol. The fraction of sp³-hybridized carbons (Fsp3) is 0.462. The van der Waals surface area contributed by atoms with Crippen LogP contribution < -0.4 is 25.8 Å². The second kappa shape index (κ2) is 10.6. The summed E-state index contributed by atoms with van der Waals surface area (Å²) in [5, 5.41) is 13.7. The van der Waals surface area contributed by atoms with Crippen molar-refractivity contribution in [3.8, 4) is 17.2 Å². The molecular formula is C26H31N3O8. The largest absolute Gasteiger partial charge is 0.502 e. The van der Waals surface area contributed by atoms with E-state index in [1.54, 1.807) is 26.0 Å². The maximum absolute atomic E-state index is 13.2. The van der Waals surface area contributed by atoms with E-state index in [0.29, 0.717) is 60.0 Å². The quantitative estimate of drug-likeness (QED) is 0.462. The van der Waals surface area contributed by atoms with Gasteiger partial charge in [-0.05, 0) is 32.8 Å². The zero-order valence-corrected chi connectivity index (χ0v) is 21.4. The maximum Gasteiger partial charge on any atom is 0.261 e. The van der Waals surface area contributed by atoms with Gasteiger partial charge in [0, 0.05) is 50.3 Å². The third-order valence-corrected chi connectivity index (χ3v) is 6.78. The molecule has 2 aromatic heterocycles. The molecule has 11 nitrogen and oxygen atoms in total. The molecule has 0 unspecified atom stereocenters. The van der Waals surface area contributed by atoms with Gasteiger partial charge >= 0.3 is 0 Å². The Morgan fingerprint density at radius 2 is 1.81 bits per heavy atom. The molecule has 1 aliphatic heterocycles. The number of fused-ring (bicyclic) bond motifs is 1. The molecule has 0 aliphatic carbocycles. The van der Waals surface area contributed by atoms with Crippen LogP contribution in [-0.2, 0) is 21.5 Å². The lowest BCUT2D eigenvalue weighted by atomic mass is 9.74. The summed E-state index contributed by atoms with van der Waals surface area (Å²) in [6, 6.07) is 4.46. The Balaban J connectivity index is 1.52. The summed E-state index contributed by atoms with van der Waals surface area (Å²) in [4.78, 5) is 42.9. The standard InChI is InChI=1S/C26H31N3O8/c1-15-11-19(30)23(32)24(37-15)26(5-9-36-10-6-26)14-22(31)27-7-8-29-16(2)28-18-13-21(35-4)20(34-3)12-17(18)25(29)33/h11-13,32H,5-10,14H2,1-4H3,(H,27,31). The number of amides is 1. The molecule has 2 N–H and O–H groups in total. The van der Waals surface area contributed by atoms with Crippen LogP contribution in [0.2, 0.25) is 0 Å². The van der Waals surface area contributed by atoms with Crippen LogP contribution >= 0.6 is 0 Å². The Morgan fingerprint density at radius 3 is 2.49 bits per heavy atom. The molecule has 3 heterocycles. The number of nitrogens with one attached hydrogen (secondary N) is 1. The van der Waals surface area contributed by atoms with Crippen LogP contribution in [0, 0.1) is 13.8 Å². The molecule has 0 bridgehead atoms. The van der Waals surface area contributed by atoms with Gasteiger partial charge in [0.1, 0.15) is 11.6 Å². The van der Waals surface area contributed by atoms with E-state index in [0.717, 1.165) is 0 Å². The van der Waals surface area contributed by atoms with E-state index in [1.807, 2.05) is 0 Å². The highest BCUT2D eigenvalue weighted by atomic mass is 16.5. The molecule has 1 aliphatic rings. The van der Waals surface area contributed by atoms with Crippen molar-refractivity contribution < 1.29 is 28.5 Å². The van der Waals surface area contributed by atoms with Gasteiger partial charge < -0.3 is 29.1 Å². The number of rotatable bonds is 8. The molecule has 4 rings (SSSR count). The molecule has 198 valence electrons. The van der Waals surface area contributed by atoms with Crippen LogP contribution in [0.4, 0.5) is 0 Å². The van der Waals surface area contributed by atoms with E-state index in [9.17, 15) is 19.5 Å².